The first kappa shape index (κ1) is 20.7. The molecule has 5 rings (SSSR count). The summed E-state index contributed by atoms with van der Waals surface area (Å²) in [6.45, 7) is 3.99. The van der Waals surface area contributed by atoms with Crippen LogP contribution in [0.4, 0.5) is 11.4 Å². The van der Waals surface area contributed by atoms with Gasteiger partial charge in [-0.15, -0.1) is 0 Å². The summed E-state index contributed by atoms with van der Waals surface area (Å²) in [5, 5.41) is 13.8. The van der Waals surface area contributed by atoms with Crippen molar-refractivity contribution < 1.29 is 9.90 Å². The largest absolute Gasteiger partial charge is 0.386 e. The van der Waals surface area contributed by atoms with Crippen molar-refractivity contribution in [1.82, 2.24) is 5.32 Å². The predicted molar refractivity (Wildman–Crippen MR) is 128 cm³/mol. The van der Waals surface area contributed by atoms with Gasteiger partial charge >= 0.3 is 0 Å². The number of anilines is 1. The lowest BCUT2D eigenvalue weighted by Crippen LogP contribution is -2.39. The number of aryl methyl sites for hydroxylation is 2. The Balaban J connectivity index is 1.52. The van der Waals surface area contributed by atoms with Gasteiger partial charge in [-0.3, -0.25) is 4.79 Å². The Hall–Kier alpha value is -3.18. The van der Waals surface area contributed by atoms with E-state index in [1.165, 1.54) is 11.1 Å². The van der Waals surface area contributed by atoms with Crippen LogP contribution in [-0.2, 0) is 23.2 Å². The second-order valence-electron chi connectivity index (χ2n) is 9.39. The fraction of sp³-hybridized carbons (Fsp3) is 0.333. The van der Waals surface area contributed by atoms with Gasteiger partial charge in [0.1, 0.15) is 5.84 Å². The molecule has 164 valence electrons. The van der Waals surface area contributed by atoms with Crippen LogP contribution in [-0.4, -0.2) is 23.4 Å². The molecule has 2 N–H and O–H groups in total. The molecular formula is C27H29N3O2. The van der Waals surface area contributed by atoms with Gasteiger partial charge in [0.25, 0.3) is 0 Å². The molecule has 0 saturated heterocycles. The zero-order valence-electron chi connectivity index (χ0n) is 18.6. The second-order valence-corrected chi connectivity index (χ2v) is 9.39. The summed E-state index contributed by atoms with van der Waals surface area (Å²) in [6, 6.07) is 14.3. The highest BCUT2D eigenvalue weighted by atomic mass is 16.3. The Morgan fingerprint density at radius 3 is 2.53 bits per heavy atom. The van der Waals surface area contributed by atoms with E-state index in [1.54, 1.807) is 13.8 Å². The molecule has 2 aromatic carbocycles. The van der Waals surface area contributed by atoms with Crippen LogP contribution in [0.5, 0.6) is 0 Å². The third-order valence-corrected chi connectivity index (χ3v) is 6.71. The number of hydrogen-bond donors (Lipinski definition) is 2. The van der Waals surface area contributed by atoms with Gasteiger partial charge in [0.15, 0.2) is 0 Å². The summed E-state index contributed by atoms with van der Waals surface area (Å²) < 4.78 is 0. The summed E-state index contributed by atoms with van der Waals surface area (Å²) in [5.74, 6) is 0.863. The topological polar surface area (TPSA) is 64.9 Å². The lowest BCUT2D eigenvalue weighted by Gasteiger charge is -2.29. The van der Waals surface area contributed by atoms with Crippen LogP contribution in [0.2, 0.25) is 0 Å². The van der Waals surface area contributed by atoms with Crippen molar-refractivity contribution in [1.29, 1.82) is 0 Å². The van der Waals surface area contributed by atoms with Crippen molar-refractivity contribution in [2.45, 2.75) is 45.1 Å². The van der Waals surface area contributed by atoms with E-state index in [4.69, 9.17) is 4.99 Å². The second kappa shape index (κ2) is 8.06. The monoisotopic (exact) mass is 427 g/mol. The smallest absolute Gasteiger partial charge is 0.230 e. The van der Waals surface area contributed by atoms with Crippen LogP contribution in [0.25, 0.3) is 0 Å². The van der Waals surface area contributed by atoms with E-state index < -0.39 is 5.60 Å². The number of amidine groups is 1. The number of nitrogens with zero attached hydrogens (tertiary/aromatic N) is 2. The maximum atomic E-state index is 14.0. The van der Waals surface area contributed by atoms with E-state index in [-0.39, 0.29) is 11.8 Å². The molecular weight excluding hydrogens is 398 g/mol. The number of nitrogens with one attached hydrogen (secondary N) is 1. The minimum atomic E-state index is -1.00. The van der Waals surface area contributed by atoms with E-state index >= 15 is 0 Å². The highest BCUT2D eigenvalue weighted by Gasteiger charge is 2.32. The summed E-state index contributed by atoms with van der Waals surface area (Å²) in [4.78, 5) is 20.7. The highest BCUT2D eigenvalue weighted by molar-refractivity contribution is 6.08. The van der Waals surface area contributed by atoms with Crippen molar-refractivity contribution in [3.63, 3.8) is 0 Å². The third kappa shape index (κ3) is 3.89. The molecule has 32 heavy (non-hydrogen) atoms. The minimum Gasteiger partial charge on any atom is -0.386 e. The molecule has 1 amide bonds. The molecule has 1 aliphatic carbocycles. The molecule has 0 atom stereocenters. The van der Waals surface area contributed by atoms with Gasteiger partial charge in [0.2, 0.25) is 5.91 Å². The lowest BCUT2D eigenvalue weighted by molar-refractivity contribution is -0.122. The molecule has 2 aliphatic heterocycles. The molecule has 0 fully saturated rings. The lowest BCUT2D eigenvalue weighted by atomic mass is 9.95. The zero-order valence-corrected chi connectivity index (χ0v) is 18.6. The number of aliphatic imine (C=N–C) groups is 1. The molecule has 2 heterocycles. The van der Waals surface area contributed by atoms with Crippen molar-refractivity contribution >= 4 is 23.1 Å². The van der Waals surface area contributed by atoms with Gasteiger partial charge < -0.3 is 15.3 Å². The van der Waals surface area contributed by atoms with Gasteiger partial charge in [0.05, 0.1) is 23.5 Å². The van der Waals surface area contributed by atoms with Crippen LogP contribution in [0, 0.1) is 5.92 Å². The Kier molecular flexibility index (Phi) is 5.22. The Morgan fingerprint density at radius 1 is 1.12 bits per heavy atom. The van der Waals surface area contributed by atoms with Crippen molar-refractivity contribution in [3.05, 3.63) is 83.1 Å². The maximum Gasteiger partial charge on any atom is 0.230 e. The van der Waals surface area contributed by atoms with Crippen molar-refractivity contribution in [2.24, 2.45) is 10.9 Å². The van der Waals surface area contributed by atoms with Gasteiger partial charge in [-0.05, 0) is 74.4 Å². The number of dihydropyridines is 1. The molecule has 0 saturated carbocycles. The van der Waals surface area contributed by atoms with Crippen molar-refractivity contribution in [3.8, 4) is 0 Å². The standard InChI is InChI=1S/C27H29N3O2/c1-27(2,32)22-13-14-23-24(16-22)30(17-21-8-5-15-28-25(21)29-23)26(31)20-11-9-18-6-3-4-7-19(18)10-12-20/h3-8,13-16,20,32H,9-12,17H2,1-2H3,(H,28,29). The fourth-order valence-corrected chi connectivity index (χ4v) is 4.80. The summed E-state index contributed by atoms with van der Waals surface area (Å²) in [6.07, 6.45) is 9.35. The number of hydrogen-bond acceptors (Lipinski definition) is 4. The van der Waals surface area contributed by atoms with E-state index in [1.807, 2.05) is 41.5 Å². The first-order valence-corrected chi connectivity index (χ1v) is 11.4. The van der Waals surface area contributed by atoms with Crippen LogP contribution >= 0.6 is 0 Å². The summed E-state index contributed by atoms with van der Waals surface area (Å²) in [5.41, 5.74) is 4.98. The number of aliphatic hydroxyl groups is 1. The number of carbonyl (C=O) groups is 1. The first-order chi connectivity index (χ1) is 15.4. The van der Waals surface area contributed by atoms with Gasteiger partial charge in [0, 0.05) is 17.7 Å². The number of rotatable bonds is 2. The predicted octanol–water partition coefficient (Wildman–Crippen LogP) is 4.53. The van der Waals surface area contributed by atoms with E-state index in [9.17, 15) is 9.90 Å². The Morgan fingerprint density at radius 2 is 1.84 bits per heavy atom. The third-order valence-electron chi connectivity index (χ3n) is 6.71. The quantitative estimate of drug-likeness (QED) is 0.692. The zero-order chi connectivity index (χ0) is 22.3. The Bertz CT molecular complexity index is 1130. The molecule has 0 spiro atoms. The molecule has 2 aromatic rings. The maximum absolute atomic E-state index is 14.0. The molecule has 0 radical (unpaired) electrons. The molecule has 0 bridgehead atoms. The molecule has 0 unspecified atom stereocenters. The normalized spacial score (nSPS) is 18.3. The first-order valence-electron chi connectivity index (χ1n) is 11.4. The van der Waals surface area contributed by atoms with Crippen LogP contribution in [0.15, 0.2) is 71.4 Å². The molecule has 5 nitrogen and oxygen atoms in total. The van der Waals surface area contributed by atoms with E-state index in [0.717, 1.165) is 54.0 Å². The molecule has 5 heteroatoms. The molecule has 3 aliphatic rings. The number of amides is 1. The highest BCUT2D eigenvalue weighted by Crippen LogP contribution is 2.38. The summed E-state index contributed by atoms with van der Waals surface area (Å²) in [7, 11) is 0. The molecule has 0 aromatic heterocycles. The van der Waals surface area contributed by atoms with Gasteiger partial charge in [-0.1, -0.05) is 36.4 Å². The van der Waals surface area contributed by atoms with E-state index in [2.05, 4.69) is 29.6 Å². The fourth-order valence-electron chi connectivity index (χ4n) is 4.80. The van der Waals surface area contributed by atoms with Crippen molar-refractivity contribution in [2.75, 3.05) is 11.4 Å². The number of fused-ring (bicyclic) bond motifs is 3. The SMILES string of the molecule is CC(C)(O)c1ccc2c(c1)N(C(=O)C1CCc3ccccc3CC1)CC1=CC=CNC1=N2. The Labute approximate surface area is 189 Å². The van der Waals surface area contributed by atoms with Gasteiger partial charge in [-0.25, -0.2) is 4.99 Å². The van der Waals surface area contributed by atoms with Crippen LogP contribution in [0.1, 0.15) is 43.4 Å². The average molecular weight is 428 g/mol. The van der Waals surface area contributed by atoms with Gasteiger partial charge in [-0.2, -0.15) is 0 Å². The minimum absolute atomic E-state index is 0.0460. The number of carbonyl (C=O) groups excluding carboxylic acids is 1. The summed E-state index contributed by atoms with van der Waals surface area (Å²) >= 11 is 0. The average Bonchev–Trinajstić information content (AvgIpc) is 3.10. The van der Waals surface area contributed by atoms with Crippen LogP contribution in [0.3, 0.4) is 0 Å². The number of allylic oxidation sites excluding steroid dienone is 2. The number of benzene rings is 2. The van der Waals surface area contributed by atoms with Crippen LogP contribution < -0.4 is 10.2 Å². The van der Waals surface area contributed by atoms with E-state index in [0.29, 0.717) is 6.54 Å².